The molecule has 1 aliphatic heterocycles. The van der Waals surface area contributed by atoms with Crippen molar-refractivity contribution in [2.24, 2.45) is 5.92 Å². The van der Waals surface area contributed by atoms with Crippen LogP contribution in [0, 0.1) is 5.92 Å². The van der Waals surface area contributed by atoms with Crippen molar-refractivity contribution >= 4 is 23.2 Å². The average Bonchev–Trinajstić information content (AvgIpc) is 2.55. The minimum absolute atomic E-state index is 0.0552. The quantitative estimate of drug-likeness (QED) is 0.841. The first-order valence-electron chi connectivity index (χ1n) is 8.00. The molecule has 0 radical (unpaired) electrons. The van der Waals surface area contributed by atoms with Crippen LogP contribution in [-0.4, -0.2) is 39.1 Å². The Hall–Kier alpha value is -2.08. The van der Waals surface area contributed by atoms with Crippen LogP contribution in [0.1, 0.15) is 26.2 Å². The van der Waals surface area contributed by atoms with E-state index in [2.05, 4.69) is 10.6 Å². The third kappa shape index (κ3) is 4.22. The van der Waals surface area contributed by atoms with Gasteiger partial charge in [-0.1, -0.05) is 6.92 Å². The molecule has 0 saturated carbocycles. The Bertz CT molecular complexity index is 574. The SMILES string of the molecule is CNCC(C)C(=O)Nc1ccc(OC)c(N2CCCCC2=O)c1. The van der Waals surface area contributed by atoms with Crippen LogP contribution in [0.4, 0.5) is 11.4 Å². The molecule has 1 heterocycles. The summed E-state index contributed by atoms with van der Waals surface area (Å²) in [6.45, 7) is 3.16. The Morgan fingerprint density at radius 2 is 2.17 bits per heavy atom. The van der Waals surface area contributed by atoms with Gasteiger partial charge >= 0.3 is 0 Å². The third-order valence-corrected chi connectivity index (χ3v) is 4.02. The fourth-order valence-corrected chi connectivity index (χ4v) is 2.70. The number of hydrogen-bond donors (Lipinski definition) is 2. The molecule has 1 fully saturated rings. The number of carbonyl (C=O) groups excluding carboxylic acids is 2. The summed E-state index contributed by atoms with van der Waals surface area (Å²) in [6.07, 6.45) is 2.46. The van der Waals surface area contributed by atoms with Gasteiger partial charge in [0.2, 0.25) is 11.8 Å². The van der Waals surface area contributed by atoms with Crippen molar-refractivity contribution in [3.05, 3.63) is 18.2 Å². The monoisotopic (exact) mass is 319 g/mol. The largest absolute Gasteiger partial charge is 0.495 e. The highest BCUT2D eigenvalue weighted by Gasteiger charge is 2.23. The topological polar surface area (TPSA) is 70.7 Å². The van der Waals surface area contributed by atoms with Crippen LogP contribution in [0.3, 0.4) is 0 Å². The molecule has 1 aliphatic rings. The molecule has 2 rings (SSSR count). The lowest BCUT2D eigenvalue weighted by Crippen LogP contribution is -2.35. The van der Waals surface area contributed by atoms with Crippen molar-refractivity contribution in [2.75, 3.05) is 37.5 Å². The van der Waals surface area contributed by atoms with Crippen molar-refractivity contribution in [3.63, 3.8) is 0 Å². The van der Waals surface area contributed by atoms with E-state index in [0.29, 0.717) is 30.9 Å². The van der Waals surface area contributed by atoms with Crippen LogP contribution in [0.25, 0.3) is 0 Å². The standard InChI is InChI=1S/C17H25N3O3/c1-12(11-18-2)17(22)19-13-7-8-15(23-3)14(10-13)20-9-5-4-6-16(20)21/h7-8,10,12,18H,4-6,9,11H2,1-3H3,(H,19,22). The number of benzene rings is 1. The molecule has 2 N–H and O–H groups in total. The van der Waals surface area contributed by atoms with Gasteiger partial charge in [0, 0.05) is 31.1 Å². The Balaban J connectivity index is 2.21. The van der Waals surface area contributed by atoms with E-state index in [-0.39, 0.29) is 17.7 Å². The molecule has 1 aromatic carbocycles. The highest BCUT2D eigenvalue weighted by molar-refractivity contribution is 5.98. The van der Waals surface area contributed by atoms with Gasteiger partial charge in [-0.3, -0.25) is 9.59 Å². The molecule has 1 aromatic rings. The van der Waals surface area contributed by atoms with Gasteiger partial charge in [0.1, 0.15) is 5.75 Å². The zero-order valence-corrected chi connectivity index (χ0v) is 14.0. The number of methoxy groups -OCH3 is 1. The van der Waals surface area contributed by atoms with Crippen LogP contribution < -0.4 is 20.3 Å². The molecule has 1 saturated heterocycles. The molecule has 6 heteroatoms. The maximum Gasteiger partial charge on any atom is 0.228 e. The number of ether oxygens (including phenoxy) is 1. The number of hydrogen-bond acceptors (Lipinski definition) is 4. The fourth-order valence-electron chi connectivity index (χ4n) is 2.70. The molecular formula is C17H25N3O3. The number of nitrogens with one attached hydrogen (secondary N) is 2. The van der Waals surface area contributed by atoms with Gasteiger partial charge in [0.25, 0.3) is 0 Å². The van der Waals surface area contributed by atoms with Gasteiger partial charge in [-0.15, -0.1) is 0 Å². The minimum Gasteiger partial charge on any atom is -0.495 e. The lowest BCUT2D eigenvalue weighted by Gasteiger charge is -2.28. The Labute approximate surface area is 137 Å². The Morgan fingerprint density at radius 1 is 1.39 bits per heavy atom. The number of carbonyl (C=O) groups is 2. The van der Waals surface area contributed by atoms with Crippen LogP contribution >= 0.6 is 0 Å². The first-order chi connectivity index (χ1) is 11.1. The van der Waals surface area contributed by atoms with E-state index >= 15 is 0 Å². The number of rotatable bonds is 6. The number of anilines is 2. The zero-order chi connectivity index (χ0) is 16.8. The summed E-state index contributed by atoms with van der Waals surface area (Å²) in [5, 5.41) is 5.89. The molecule has 2 amide bonds. The van der Waals surface area contributed by atoms with Crippen molar-refractivity contribution in [3.8, 4) is 5.75 Å². The molecule has 1 atom stereocenters. The van der Waals surface area contributed by atoms with Crippen LogP contribution in [0.2, 0.25) is 0 Å². The fraction of sp³-hybridized carbons (Fsp3) is 0.529. The van der Waals surface area contributed by atoms with Crippen molar-refractivity contribution in [2.45, 2.75) is 26.2 Å². The summed E-state index contributed by atoms with van der Waals surface area (Å²) >= 11 is 0. The molecule has 0 aliphatic carbocycles. The first kappa shape index (κ1) is 17.3. The molecule has 0 spiro atoms. The van der Waals surface area contributed by atoms with Gasteiger partial charge in [0.05, 0.1) is 12.8 Å². The number of amides is 2. The Morgan fingerprint density at radius 3 is 2.83 bits per heavy atom. The highest BCUT2D eigenvalue weighted by atomic mass is 16.5. The van der Waals surface area contributed by atoms with Crippen molar-refractivity contribution in [1.82, 2.24) is 5.32 Å². The van der Waals surface area contributed by atoms with E-state index in [1.165, 1.54) is 0 Å². The van der Waals surface area contributed by atoms with E-state index in [9.17, 15) is 9.59 Å². The molecule has 1 unspecified atom stereocenters. The van der Waals surface area contributed by atoms with Gasteiger partial charge in [-0.2, -0.15) is 0 Å². The summed E-state index contributed by atoms with van der Waals surface area (Å²) in [7, 11) is 3.40. The second-order valence-corrected chi connectivity index (χ2v) is 5.84. The average molecular weight is 319 g/mol. The second-order valence-electron chi connectivity index (χ2n) is 5.84. The number of nitrogens with zero attached hydrogens (tertiary/aromatic N) is 1. The summed E-state index contributed by atoms with van der Waals surface area (Å²) in [5.74, 6) is 0.547. The Kier molecular flexibility index (Phi) is 5.98. The summed E-state index contributed by atoms with van der Waals surface area (Å²) in [6, 6.07) is 5.39. The number of piperidine rings is 1. The lowest BCUT2D eigenvalue weighted by atomic mass is 10.1. The predicted molar refractivity (Wildman–Crippen MR) is 90.9 cm³/mol. The lowest BCUT2D eigenvalue weighted by molar-refractivity contribution is -0.120. The van der Waals surface area contributed by atoms with Crippen LogP contribution in [0.15, 0.2) is 18.2 Å². The maximum atomic E-state index is 12.2. The molecule has 0 aromatic heterocycles. The van der Waals surface area contributed by atoms with Gasteiger partial charge < -0.3 is 20.3 Å². The van der Waals surface area contributed by atoms with E-state index in [0.717, 1.165) is 18.5 Å². The minimum atomic E-state index is -0.137. The summed E-state index contributed by atoms with van der Waals surface area (Å²) < 4.78 is 5.38. The zero-order valence-electron chi connectivity index (χ0n) is 14.0. The van der Waals surface area contributed by atoms with Crippen molar-refractivity contribution in [1.29, 1.82) is 0 Å². The van der Waals surface area contributed by atoms with E-state index in [1.807, 2.05) is 20.0 Å². The van der Waals surface area contributed by atoms with E-state index < -0.39 is 0 Å². The smallest absolute Gasteiger partial charge is 0.228 e. The summed E-state index contributed by atoms with van der Waals surface area (Å²) in [5.41, 5.74) is 1.39. The van der Waals surface area contributed by atoms with Crippen LogP contribution in [0.5, 0.6) is 5.75 Å². The molecule has 126 valence electrons. The van der Waals surface area contributed by atoms with E-state index in [4.69, 9.17) is 4.74 Å². The molecule has 6 nitrogen and oxygen atoms in total. The molecule has 23 heavy (non-hydrogen) atoms. The van der Waals surface area contributed by atoms with Crippen LogP contribution in [-0.2, 0) is 9.59 Å². The summed E-state index contributed by atoms with van der Waals surface area (Å²) in [4.78, 5) is 26.1. The highest BCUT2D eigenvalue weighted by Crippen LogP contribution is 2.33. The third-order valence-electron chi connectivity index (χ3n) is 4.02. The maximum absolute atomic E-state index is 12.2. The molecular weight excluding hydrogens is 294 g/mol. The van der Waals surface area contributed by atoms with Crippen molar-refractivity contribution < 1.29 is 14.3 Å². The van der Waals surface area contributed by atoms with E-state index in [1.54, 1.807) is 24.1 Å². The van der Waals surface area contributed by atoms with Gasteiger partial charge in [0.15, 0.2) is 0 Å². The second kappa shape index (κ2) is 7.97. The van der Waals surface area contributed by atoms with Gasteiger partial charge in [-0.05, 0) is 38.1 Å². The normalized spacial score (nSPS) is 16.1. The first-order valence-corrected chi connectivity index (χ1v) is 8.00. The van der Waals surface area contributed by atoms with Gasteiger partial charge in [-0.25, -0.2) is 0 Å². The predicted octanol–water partition coefficient (Wildman–Crippen LogP) is 2.01. The molecule has 0 bridgehead atoms.